The molecule has 0 saturated carbocycles. The predicted octanol–water partition coefficient (Wildman–Crippen LogP) is 12.0. The Labute approximate surface area is 323 Å². The first-order chi connectivity index (χ1) is 27.5. The van der Waals surface area contributed by atoms with E-state index in [2.05, 4.69) is 105 Å². The molecule has 0 radical (unpaired) electrons. The number of aromatic nitrogens is 3. The van der Waals surface area contributed by atoms with Gasteiger partial charge in [0.25, 0.3) is 0 Å². The van der Waals surface area contributed by atoms with Gasteiger partial charge in [0.1, 0.15) is 0 Å². The van der Waals surface area contributed by atoms with E-state index in [4.69, 9.17) is 4.98 Å². The molecule has 8 aromatic carbocycles. The lowest BCUT2D eigenvalue weighted by Gasteiger charge is -2.33. The molecule has 11 rings (SSSR count). The quantitative estimate of drug-likeness (QED) is 0.176. The molecule has 0 aliphatic carbocycles. The van der Waals surface area contributed by atoms with Crippen LogP contribution in [0.1, 0.15) is 0 Å². The number of rotatable bonds is 5. The first-order valence-corrected chi connectivity index (χ1v) is 20.0. The highest BCUT2D eigenvalue weighted by atomic mass is 32.2. The molecule has 7 heteroatoms. The van der Waals surface area contributed by atoms with Crippen LogP contribution in [0.3, 0.4) is 0 Å². The van der Waals surface area contributed by atoms with E-state index < -0.39 is 9.84 Å². The molecule has 3 heterocycles. The third-order valence-electron chi connectivity index (χ3n) is 10.9. The van der Waals surface area contributed by atoms with Crippen LogP contribution in [-0.2, 0) is 9.84 Å². The number of fused-ring (bicyclic) bond motifs is 7. The molecule has 0 bridgehead atoms. The lowest BCUT2D eigenvalue weighted by Crippen LogP contribution is -2.22. The Hall–Kier alpha value is -7.22. The molecule has 56 heavy (non-hydrogen) atoms. The Kier molecular flexibility index (Phi) is 7.14. The van der Waals surface area contributed by atoms with E-state index in [0.29, 0.717) is 11.4 Å². The fourth-order valence-corrected chi connectivity index (χ4v) is 9.86. The fourth-order valence-electron chi connectivity index (χ4n) is 8.19. The zero-order chi connectivity index (χ0) is 37.4. The third-order valence-corrected chi connectivity index (χ3v) is 12.7. The summed E-state index contributed by atoms with van der Waals surface area (Å²) in [5, 5.41) is 0. The summed E-state index contributed by atoms with van der Waals surface area (Å²) in [7, 11) is -3.86. The van der Waals surface area contributed by atoms with Crippen molar-refractivity contribution in [1.82, 2.24) is 14.0 Å². The molecule has 0 amide bonds. The Bertz CT molecular complexity index is 3150. The van der Waals surface area contributed by atoms with Crippen LogP contribution in [-0.4, -0.2) is 22.4 Å². The Balaban J connectivity index is 0.995. The van der Waals surface area contributed by atoms with E-state index in [1.807, 2.05) is 103 Å². The summed E-state index contributed by atoms with van der Waals surface area (Å²) in [5.74, 6) is 0.875. The van der Waals surface area contributed by atoms with Crippen LogP contribution < -0.4 is 4.90 Å². The molecule has 0 unspecified atom stereocenters. The molecule has 2 aromatic heterocycles. The second-order valence-corrected chi connectivity index (χ2v) is 16.0. The third kappa shape index (κ3) is 4.95. The van der Waals surface area contributed by atoms with Crippen molar-refractivity contribution in [2.75, 3.05) is 4.90 Å². The van der Waals surface area contributed by atoms with Gasteiger partial charge in [0, 0.05) is 11.4 Å². The molecule has 0 N–H and O–H groups in total. The minimum Gasteiger partial charge on any atom is -0.308 e. The molecule has 6 nitrogen and oxygen atoms in total. The van der Waals surface area contributed by atoms with E-state index in [9.17, 15) is 8.42 Å². The number of benzene rings is 8. The highest BCUT2D eigenvalue weighted by molar-refractivity contribution is 7.92. The topological polar surface area (TPSA) is 59.6 Å². The molecule has 0 atom stereocenters. The molecule has 1 aliphatic rings. The summed E-state index contributed by atoms with van der Waals surface area (Å²) in [6.45, 7) is 0. The number of hydrogen-bond acceptors (Lipinski definition) is 4. The number of para-hydroxylation sites is 4. The first kappa shape index (κ1) is 32.2. The summed E-state index contributed by atoms with van der Waals surface area (Å²) < 4.78 is 33.5. The van der Waals surface area contributed by atoms with Gasteiger partial charge in [0.2, 0.25) is 15.6 Å². The largest absolute Gasteiger partial charge is 0.308 e. The fraction of sp³-hybridized carbons (Fsp3) is 0. The van der Waals surface area contributed by atoms with E-state index in [0.717, 1.165) is 72.6 Å². The number of nitrogens with zero attached hydrogens (tertiary/aromatic N) is 4. The number of sulfone groups is 1. The van der Waals surface area contributed by atoms with Crippen LogP contribution in [0.5, 0.6) is 0 Å². The van der Waals surface area contributed by atoms with Gasteiger partial charge in [-0.05, 0) is 106 Å². The van der Waals surface area contributed by atoms with Gasteiger partial charge in [-0.25, -0.2) is 13.4 Å². The lowest BCUT2D eigenvalue weighted by atomic mass is 10.0. The van der Waals surface area contributed by atoms with Crippen molar-refractivity contribution in [3.8, 4) is 39.1 Å². The van der Waals surface area contributed by atoms with E-state index >= 15 is 0 Å². The van der Waals surface area contributed by atoms with E-state index in [1.165, 1.54) is 0 Å². The Morgan fingerprint density at radius 3 is 1.41 bits per heavy atom. The van der Waals surface area contributed by atoms with Gasteiger partial charge in [-0.15, -0.1) is 0 Å². The van der Waals surface area contributed by atoms with Crippen molar-refractivity contribution < 1.29 is 8.42 Å². The number of imidazole rings is 2. The maximum Gasteiger partial charge on any atom is 0.220 e. The van der Waals surface area contributed by atoms with Crippen LogP contribution in [0.2, 0.25) is 0 Å². The smallest absolute Gasteiger partial charge is 0.220 e. The minimum absolute atomic E-state index is 0.285. The molecule has 10 aromatic rings. The average Bonchev–Trinajstić information content (AvgIpc) is 3.79. The maximum absolute atomic E-state index is 14.5. The highest BCUT2D eigenvalue weighted by Gasteiger charge is 2.36. The van der Waals surface area contributed by atoms with E-state index in [-0.39, 0.29) is 9.79 Å². The Morgan fingerprint density at radius 1 is 0.393 bits per heavy atom. The number of hydrogen-bond donors (Lipinski definition) is 0. The van der Waals surface area contributed by atoms with Crippen LogP contribution in [0.15, 0.2) is 204 Å². The van der Waals surface area contributed by atoms with Crippen molar-refractivity contribution in [3.05, 3.63) is 194 Å². The molecule has 266 valence electrons. The molecular formula is C49H32N4O2S. The second-order valence-electron chi connectivity index (χ2n) is 14.1. The first-order valence-electron chi connectivity index (χ1n) is 18.5. The molecule has 0 spiro atoms. The summed E-state index contributed by atoms with van der Waals surface area (Å²) >= 11 is 0. The van der Waals surface area contributed by atoms with Crippen LogP contribution in [0.4, 0.5) is 17.1 Å². The second kappa shape index (κ2) is 12.4. The number of anilines is 3. The van der Waals surface area contributed by atoms with Crippen LogP contribution >= 0.6 is 0 Å². The zero-order valence-corrected chi connectivity index (χ0v) is 30.8. The van der Waals surface area contributed by atoms with Crippen molar-refractivity contribution in [3.63, 3.8) is 0 Å². The van der Waals surface area contributed by atoms with Gasteiger partial charge in [-0.3, -0.25) is 8.97 Å². The molecule has 0 saturated heterocycles. The zero-order valence-electron chi connectivity index (χ0n) is 30.0. The van der Waals surface area contributed by atoms with Gasteiger partial charge in [0.05, 0.1) is 43.2 Å². The Morgan fingerprint density at radius 2 is 0.839 bits per heavy atom. The van der Waals surface area contributed by atoms with Gasteiger partial charge in [-0.1, -0.05) is 121 Å². The van der Waals surface area contributed by atoms with Crippen molar-refractivity contribution >= 4 is 54.7 Å². The van der Waals surface area contributed by atoms with Crippen molar-refractivity contribution in [2.24, 2.45) is 0 Å². The predicted molar refractivity (Wildman–Crippen MR) is 226 cm³/mol. The SMILES string of the molecule is O=S1(=O)c2cc(-c3ccccc3)ccc2N(c2ccc(-c3ccc(-n4c5ccccc5n5c6ccccc6nc45)cc3)cc2)c2ccc(-c3ccccc3)cc21. The monoisotopic (exact) mass is 740 g/mol. The summed E-state index contributed by atoms with van der Waals surface area (Å²) in [4.78, 5) is 7.67. The van der Waals surface area contributed by atoms with Gasteiger partial charge in [0.15, 0.2) is 0 Å². The minimum atomic E-state index is -3.86. The highest BCUT2D eigenvalue weighted by Crippen LogP contribution is 2.50. The molecule has 1 aliphatic heterocycles. The molecule has 0 fully saturated rings. The van der Waals surface area contributed by atoms with Crippen LogP contribution in [0.25, 0.3) is 66.9 Å². The lowest BCUT2D eigenvalue weighted by molar-refractivity contribution is 0.595. The average molecular weight is 741 g/mol. The van der Waals surface area contributed by atoms with Gasteiger partial charge < -0.3 is 4.90 Å². The van der Waals surface area contributed by atoms with Gasteiger partial charge in [-0.2, -0.15) is 0 Å². The van der Waals surface area contributed by atoms with Crippen molar-refractivity contribution in [2.45, 2.75) is 9.79 Å². The van der Waals surface area contributed by atoms with Crippen molar-refractivity contribution in [1.29, 1.82) is 0 Å². The van der Waals surface area contributed by atoms with Gasteiger partial charge >= 0.3 is 0 Å². The normalized spacial score (nSPS) is 13.2. The summed E-state index contributed by atoms with van der Waals surface area (Å²) in [6, 6.07) is 64.9. The maximum atomic E-state index is 14.5. The molecular weight excluding hydrogens is 709 g/mol. The summed E-state index contributed by atoms with van der Waals surface area (Å²) in [5.41, 5.74) is 13.1. The van der Waals surface area contributed by atoms with Crippen LogP contribution in [0, 0.1) is 0 Å². The standard InChI is InChI=1S/C49H32N4O2S/c54-56(55)47-31-37(33-11-3-1-4-12-33)23-29-45(47)51(46-30-24-38(32-48(46)56)34-13-5-2-6-14-34)39-25-19-35(20-26-39)36-21-27-40(28-22-36)52-43-17-9-10-18-44(43)53-42-16-8-7-15-41(42)50-49(52)53/h1-32H. The van der Waals surface area contributed by atoms with E-state index in [1.54, 1.807) is 0 Å². The summed E-state index contributed by atoms with van der Waals surface area (Å²) in [6.07, 6.45) is 0.